The molecule has 0 aliphatic heterocycles. The Balaban J connectivity index is 1.90. The summed E-state index contributed by atoms with van der Waals surface area (Å²) in [5, 5.41) is 32.3. The quantitative estimate of drug-likeness (QED) is 0.0864. The number of carboxylic acids is 2. The molecule has 7 N–H and O–H groups in total. The predicted molar refractivity (Wildman–Crippen MR) is 189 cm³/mol. The fourth-order valence-electron chi connectivity index (χ4n) is 4.24. The molecule has 262 valence electrons. The van der Waals surface area contributed by atoms with Crippen LogP contribution in [0.5, 0.6) is 0 Å². The minimum Gasteiger partial charge on any atom is -0.480 e. The van der Waals surface area contributed by atoms with Crippen LogP contribution in [0.3, 0.4) is 0 Å². The van der Waals surface area contributed by atoms with E-state index in [2.05, 4.69) is 26.6 Å². The van der Waals surface area contributed by atoms with Crippen molar-refractivity contribution in [1.29, 1.82) is 0 Å². The van der Waals surface area contributed by atoms with E-state index in [1.54, 1.807) is 48.5 Å². The molecule has 5 amide bonds. The van der Waals surface area contributed by atoms with E-state index in [9.17, 15) is 39.0 Å². The Morgan fingerprint density at radius 2 is 1.19 bits per heavy atom. The largest absolute Gasteiger partial charge is 0.480 e. The van der Waals surface area contributed by atoms with E-state index in [0.29, 0.717) is 16.9 Å². The molecule has 0 aliphatic rings. The van der Waals surface area contributed by atoms with Crippen LogP contribution in [0.15, 0.2) is 54.6 Å². The summed E-state index contributed by atoms with van der Waals surface area (Å²) in [4.78, 5) is 74.0. The van der Waals surface area contributed by atoms with Gasteiger partial charge in [0.1, 0.15) is 18.1 Å². The van der Waals surface area contributed by atoms with E-state index >= 15 is 0 Å². The number of urea groups is 1. The summed E-state index contributed by atoms with van der Waals surface area (Å²) < 4.78 is 0. The van der Waals surface area contributed by atoms with Crippen molar-refractivity contribution in [2.24, 2.45) is 11.3 Å². The number of carbonyl (C=O) groups excluding carboxylic acids is 4. The molecule has 0 spiro atoms. The van der Waals surface area contributed by atoms with Gasteiger partial charge in [0.15, 0.2) is 0 Å². The zero-order valence-electron chi connectivity index (χ0n) is 27.7. The monoisotopic (exact) mass is 703 g/mol. The van der Waals surface area contributed by atoms with Crippen molar-refractivity contribution in [1.82, 2.24) is 16.0 Å². The van der Waals surface area contributed by atoms with Crippen molar-refractivity contribution in [3.05, 3.63) is 60.2 Å². The standard InChI is InChI=1S/C33H45N5O8S2/c1-20(2)15-24(36-27(39)16-21-11-13-23(14-12-21)35-32(46)34-22-9-7-6-8-10-22)29(41)38-26(31(44)45)19-48-47-18-25(30(42)43)37-28(40)17-33(3,4)5/h6-14,20,24-26H,15-19H2,1-5H3,(H,36,39)(H,37,40)(H,38,41)(H,42,43)(H,44,45)(H2,34,35,46). The molecule has 15 heteroatoms. The zero-order chi connectivity index (χ0) is 35.9. The molecule has 2 rings (SSSR count). The highest BCUT2D eigenvalue weighted by Crippen LogP contribution is 2.24. The number of hydrogen-bond donors (Lipinski definition) is 7. The molecule has 0 heterocycles. The van der Waals surface area contributed by atoms with Crippen molar-refractivity contribution in [2.45, 2.75) is 72.0 Å². The van der Waals surface area contributed by atoms with Gasteiger partial charge in [0.2, 0.25) is 17.7 Å². The van der Waals surface area contributed by atoms with E-state index in [4.69, 9.17) is 0 Å². The Bertz CT molecular complexity index is 1400. The van der Waals surface area contributed by atoms with Gasteiger partial charge in [0.25, 0.3) is 0 Å². The summed E-state index contributed by atoms with van der Waals surface area (Å²) in [6, 6.07) is 11.7. The van der Waals surface area contributed by atoms with Crippen molar-refractivity contribution in [3.8, 4) is 0 Å². The average molecular weight is 704 g/mol. The number of anilines is 2. The topological polar surface area (TPSA) is 203 Å². The smallest absolute Gasteiger partial charge is 0.327 e. The average Bonchev–Trinajstić information content (AvgIpc) is 2.97. The van der Waals surface area contributed by atoms with Crippen LogP contribution < -0.4 is 26.6 Å². The minimum absolute atomic E-state index is 0.00287. The lowest BCUT2D eigenvalue weighted by molar-refractivity contribution is -0.141. The molecule has 3 atom stereocenters. The highest BCUT2D eigenvalue weighted by atomic mass is 33.1. The summed E-state index contributed by atoms with van der Waals surface area (Å²) in [6.45, 7) is 9.32. The molecule has 0 radical (unpaired) electrons. The summed E-state index contributed by atoms with van der Waals surface area (Å²) in [6.07, 6.45) is 0.360. The number of hydrogen-bond acceptors (Lipinski definition) is 8. The minimum atomic E-state index is -1.31. The van der Waals surface area contributed by atoms with Crippen LogP contribution in [0.2, 0.25) is 0 Å². The number of nitrogens with one attached hydrogen (secondary N) is 5. The second-order valence-corrected chi connectivity index (χ2v) is 15.3. The summed E-state index contributed by atoms with van der Waals surface area (Å²) >= 11 is 0. The Kier molecular flexibility index (Phi) is 16.3. The van der Waals surface area contributed by atoms with Crippen molar-refractivity contribution < 1.29 is 39.0 Å². The third kappa shape index (κ3) is 16.0. The van der Waals surface area contributed by atoms with E-state index in [1.165, 1.54) is 0 Å². The maximum atomic E-state index is 13.1. The molecule has 2 aromatic rings. The number of carboxylic acid groups (broad SMARTS) is 2. The molecule has 2 aromatic carbocycles. The molecule has 0 saturated heterocycles. The van der Waals surface area contributed by atoms with E-state index in [0.717, 1.165) is 21.6 Å². The van der Waals surface area contributed by atoms with Gasteiger partial charge >= 0.3 is 18.0 Å². The second-order valence-electron chi connectivity index (χ2n) is 12.7. The van der Waals surface area contributed by atoms with Gasteiger partial charge in [0.05, 0.1) is 6.42 Å². The lowest BCUT2D eigenvalue weighted by atomic mass is 9.92. The molecule has 48 heavy (non-hydrogen) atoms. The molecule has 0 bridgehead atoms. The van der Waals surface area contributed by atoms with Crippen LogP contribution in [-0.2, 0) is 30.4 Å². The van der Waals surface area contributed by atoms with E-state index in [-0.39, 0.29) is 42.1 Å². The summed E-state index contributed by atoms with van der Waals surface area (Å²) in [7, 11) is 2.12. The fraction of sp³-hybridized carbons (Fsp3) is 0.455. The van der Waals surface area contributed by atoms with Crippen LogP contribution in [0, 0.1) is 11.3 Å². The number of benzene rings is 2. The van der Waals surface area contributed by atoms with Crippen molar-refractivity contribution >= 4 is 68.7 Å². The molecule has 0 aromatic heterocycles. The second kappa shape index (κ2) is 19.5. The molecule has 0 saturated carbocycles. The molecular weight excluding hydrogens is 659 g/mol. The molecular formula is C33H45N5O8S2. The van der Waals surface area contributed by atoms with Gasteiger partial charge in [-0.1, -0.05) is 86.5 Å². The first-order valence-electron chi connectivity index (χ1n) is 15.3. The summed E-state index contributed by atoms with van der Waals surface area (Å²) in [5.41, 5.74) is 1.47. The Labute approximate surface area is 288 Å². The first-order valence-corrected chi connectivity index (χ1v) is 17.8. The van der Waals surface area contributed by atoms with Crippen LogP contribution >= 0.6 is 21.6 Å². The van der Waals surface area contributed by atoms with E-state index < -0.39 is 53.8 Å². The van der Waals surface area contributed by atoms with E-state index in [1.807, 2.05) is 40.7 Å². The highest BCUT2D eigenvalue weighted by Gasteiger charge is 2.28. The van der Waals surface area contributed by atoms with Crippen molar-refractivity contribution in [2.75, 3.05) is 22.1 Å². The Hall–Kier alpha value is -4.24. The van der Waals surface area contributed by atoms with Crippen LogP contribution in [0.4, 0.5) is 16.2 Å². The number of rotatable bonds is 18. The SMILES string of the molecule is CC(C)CC(NC(=O)Cc1ccc(NC(=O)Nc2ccccc2)cc1)C(=O)NC(CSSCC(NC(=O)CC(C)(C)C)C(=O)O)C(=O)O. The van der Waals surface area contributed by atoms with Crippen LogP contribution in [-0.4, -0.2) is 75.5 Å². The van der Waals surface area contributed by atoms with Gasteiger partial charge in [-0.15, -0.1) is 0 Å². The maximum Gasteiger partial charge on any atom is 0.327 e. The van der Waals surface area contributed by atoms with Gasteiger partial charge in [-0.05, 0) is 47.6 Å². The Morgan fingerprint density at radius 3 is 1.69 bits per heavy atom. The Morgan fingerprint density at radius 1 is 0.688 bits per heavy atom. The lowest BCUT2D eigenvalue weighted by Crippen LogP contribution is -2.53. The predicted octanol–water partition coefficient (Wildman–Crippen LogP) is 4.36. The lowest BCUT2D eigenvalue weighted by Gasteiger charge is -2.23. The fourth-order valence-corrected chi connectivity index (χ4v) is 6.55. The maximum absolute atomic E-state index is 13.1. The molecule has 0 aliphatic carbocycles. The first-order chi connectivity index (χ1) is 22.5. The van der Waals surface area contributed by atoms with Crippen LogP contribution in [0.25, 0.3) is 0 Å². The number of carbonyl (C=O) groups is 6. The van der Waals surface area contributed by atoms with Gasteiger partial charge in [-0.25, -0.2) is 14.4 Å². The zero-order valence-corrected chi connectivity index (χ0v) is 29.3. The summed E-state index contributed by atoms with van der Waals surface area (Å²) in [5.74, 6) is -4.08. The molecule has 13 nitrogen and oxygen atoms in total. The molecule has 0 fully saturated rings. The number of para-hydroxylation sites is 1. The normalized spacial score (nSPS) is 13.0. The van der Waals surface area contributed by atoms with Crippen LogP contribution in [0.1, 0.15) is 53.0 Å². The number of amides is 5. The highest BCUT2D eigenvalue weighted by molar-refractivity contribution is 8.76. The van der Waals surface area contributed by atoms with Gasteiger partial charge in [0, 0.05) is 29.3 Å². The molecule has 3 unspecified atom stereocenters. The first kappa shape index (κ1) is 39.9. The third-order valence-corrected chi connectivity index (χ3v) is 8.88. The van der Waals surface area contributed by atoms with Gasteiger partial charge in [-0.2, -0.15) is 0 Å². The number of aliphatic carboxylic acids is 2. The third-order valence-electron chi connectivity index (χ3n) is 6.46. The van der Waals surface area contributed by atoms with Crippen molar-refractivity contribution in [3.63, 3.8) is 0 Å². The van der Waals surface area contributed by atoms with Gasteiger partial charge in [-0.3, -0.25) is 14.4 Å². The van der Waals surface area contributed by atoms with Gasteiger partial charge < -0.3 is 36.8 Å².